The summed E-state index contributed by atoms with van der Waals surface area (Å²) in [6, 6.07) is 11.9. The van der Waals surface area contributed by atoms with E-state index in [2.05, 4.69) is 20.4 Å². The molecule has 8 nitrogen and oxygen atoms in total. The van der Waals surface area contributed by atoms with Crippen molar-refractivity contribution in [1.29, 1.82) is 0 Å². The number of amides is 1. The molecule has 0 atom stereocenters. The van der Waals surface area contributed by atoms with Crippen LogP contribution in [0, 0.1) is 5.92 Å². The molecule has 0 aliphatic carbocycles. The Labute approximate surface area is 200 Å². The van der Waals surface area contributed by atoms with Gasteiger partial charge in [-0.15, -0.1) is 0 Å². The molecule has 0 radical (unpaired) electrons. The van der Waals surface area contributed by atoms with Gasteiger partial charge in [-0.25, -0.2) is 4.79 Å². The molecular formula is C23H22Cl2N4O4. The predicted octanol–water partition coefficient (Wildman–Crippen LogP) is 4.68. The second-order valence-electron chi connectivity index (χ2n) is 7.71. The second-order valence-corrected chi connectivity index (χ2v) is 8.56. The number of rotatable bonds is 6. The lowest BCUT2D eigenvalue weighted by Gasteiger charge is -2.30. The molecule has 3 aromatic rings. The molecule has 4 rings (SSSR count). The van der Waals surface area contributed by atoms with Crippen LogP contribution in [0.3, 0.4) is 0 Å². The van der Waals surface area contributed by atoms with E-state index < -0.39 is 5.97 Å². The van der Waals surface area contributed by atoms with Crippen LogP contribution >= 0.6 is 23.2 Å². The first-order valence-electron chi connectivity index (χ1n) is 10.4. The number of likely N-dealkylation sites (tertiary alicyclic amines) is 1. The van der Waals surface area contributed by atoms with E-state index in [1.165, 1.54) is 7.11 Å². The van der Waals surface area contributed by atoms with Gasteiger partial charge in [0.2, 0.25) is 17.6 Å². The number of aromatic nitrogens is 2. The van der Waals surface area contributed by atoms with Gasteiger partial charge < -0.3 is 14.6 Å². The topological polar surface area (TPSA) is 97.6 Å². The van der Waals surface area contributed by atoms with Gasteiger partial charge in [0.05, 0.1) is 29.9 Å². The Morgan fingerprint density at radius 3 is 2.67 bits per heavy atom. The number of ether oxygens (including phenoxy) is 1. The molecule has 10 heteroatoms. The fourth-order valence-corrected chi connectivity index (χ4v) is 4.25. The molecule has 1 N–H and O–H groups in total. The molecular weight excluding hydrogens is 467 g/mol. The Kier molecular flexibility index (Phi) is 7.27. The fraction of sp³-hybridized carbons (Fsp3) is 0.304. The summed E-state index contributed by atoms with van der Waals surface area (Å²) in [4.78, 5) is 31.3. The summed E-state index contributed by atoms with van der Waals surface area (Å²) in [7, 11) is 1.31. The molecule has 2 aromatic carbocycles. The van der Waals surface area contributed by atoms with Crippen molar-refractivity contribution in [2.75, 3.05) is 25.5 Å². The van der Waals surface area contributed by atoms with E-state index in [4.69, 9.17) is 32.5 Å². The van der Waals surface area contributed by atoms with E-state index in [0.29, 0.717) is 71.1 Å². The van der Waals surface area contributed by atoms with Crippen molar-refractivity contribution in [3.63, 3.8) is 0 Å². The minimum atomic E-state index is -0.487. The van der Waals surface area contributed by atoms with E-state index in [1.54, 1.807) is 42.5 Å². The lowest BCUT2D eigenvalue weighted by Crippen LogP contribution is -2.38. The van der Waals surface area contributed by atoms with Crippen molar-refractivity contribution in [3.8, 4) is 11.4 Å². The van der Waals surface area contributed by atoms with E-state index in [9.17, 15) is 9.59 Å². The average Bonchev–Trinajstić information content (AvgIpc) is 3.27. The van der Waals surface area contributed by atoms with Gasteiger partial charge in [0.1, 0.15) is 0 Å². The lowest BCUT2D eigenvalue weighted by atomic mass is 9.95. The lowest BCUT2D eigenvalue weighted by molar-refractivity contribution is -0.121. The molecule has 0 spiro atoms. The number of methoxy groups -OCH3 is 1. The average molecular weight is 489 g/mol. The van der Waals surface area contributed by atoms with Crippen molar-refractivity contribution in [3.05, 3.63) is 64.0 Å². The number of nitrogens with zero attached hydrogens (tertiary/aromatic N) is 3. The normalized spacial score (nSPS) is 14.8. The van der Waals surface area contributed by atoms with E-state index in [-0.39, 0.29) is 11.8 Å². The summed E-state index contributed by atoms with van der Waals surface area (Å²) in [5.74, 6) is 0.136. The number of benzene rings is 2. The number of esters is 1. The van der Waals surface area contributed by atoms with Crippen LogP contribution in [0.2, 0.25) is 10.0 Å². The third-order valence-corrected chi connectivity index (χ3v) is 6.10. The first-order valence-corrected chi connectivity index (χ1v) is 11.2. The molecule has 0 saturated carbocycles. The largest absolute Gasteiger partial charge is 0.465 e. The predicted molar refractivity (Wildman–Crippen MR) is 124 cm³/mol. The number of para-hydroxylation sites is 1. The number of piperidine rings is 1. The molecule has 33 heavy (non-hydrogen) atoms. The van der Waals surface area contributed by atoms with Crippen molar-refractivity contribution in [1.82, 2.24) is 15.0 Å². The third-order valence-electron chi connectivity index (χ3n) is 5.55. The van der Waals surface area contributed by atoms with Gasteiger partial charge in [0, 0.05) is 16.5 Å². The maximum atomic E-state index is 12.8. The van der Waals surface area contributed by atoms with Crippen LogP contribution in [0.4, 0.5) is 5.69 Å². The zero-order valence-corrected chi connectivity index (χ0v) is 19.4. The first-order chi connectivity index (χ1) is 15.9. The second kappa shape index (κ2) is 10.3. The smallest absolute Gasteiger partial charge is 0.339 e. The van der Waals surface area contributed by atoms with Crippen LogP contribution in [0.15, 0.2) is 47.0 Å². The summed E-state index contributed by atoms with van der Waals surface area (Å²) < 4.78 is 10.2. The van der Waals surface area contributed by atoms with Crippen LogP contribution < -0.4 is 5.32 Å². The van der Waals surface area contributed by atoms with Crippen LogP contribution in [0.25, 0.3) is 11.4 Å². The molecule has 1 aromatic heterocycles. The van der Waals surface area contributed by atoms with Crippen molar-refractivity contribution in [2.24, 2.45) is 5.92 Å². The number of nitrogens with one attached hydrogen (secondary N) is 1. The standard InChI is InChI=1S/C23H22Cl2N4O4/c1-32-23(31)17-4-2-3-5-19(17)26-22(30)14-8-10-29(11-9-14)13-20-27-21(28-33-20)16-7-6-15(24)12-18(16)25/h2-7,12,14H,8-11,13H2,1H3,(H,26,30). The van der Waals surface area contributed by atoms with E-state index in [1.807, 2.05) is 0 Å². The van der Waals surface area contributed by atoms with Gasteiger partial charge in [-0.05, 0) is 56.3 Å². The Morgan fingerprint density at radius 2 is 1.94 bits per heavy atom. The molecule has 0 bridgehead atoms. The van der Waals surface area contributed by atoms with Gasteiger partial charge in [0.15, 0.2) is 0 Å². The van der Waals surface area contributed by atoms with Crippen LogP contribution in [0.1, 0.15) is 29.1 Å². The van der Waals surface area contributed by atoms with Gasteiger partial charge in [-0.3, -0.25) is 9.69 Å². The number of carbonyl (C=O) groups is 2. The molecule has 2 heterocycles. The monoisotopic (exact) mass is 488 g/mol. The first kappa shape index (κ1) is 23.2. The summed E-state index contributed by atoms with van der Waals surface area (Å²) in [5.41, 5.74) is 1.44. The highest BCUT2D eigenvalue weighted by molar-refractivity contribution is 6.36. The molecule has 1 amide bonds. The van der Waals surface area contributed by atoms with Crippen LogP contribution in [0.5, 0.6) is 0 Å². The fourth-order valence-electron chi connectivity index (χ4n) is 3.76. The summed E-state index contributed by atoms with van der Waals surface area (Å²) >= 11 is 12.2. The van der Waals surface area contributed by atoms with Crippen LogP contribution in [-0.4, -0.2) is 47.1 Å². The quantitative estimate of drug-likeness (QED) is 0.502. The Hall–Kier alpha value is -2.94. The van der Waals surface area contributed by atoms with Gasteiger partial charge in [0.25, 0.3) is 0 Å². The number of halogens is 2. The third kappa shape index (κ3) is 5.52. The minimum Gasteiger partial charge on any atom is -0.465 e. The number of anilines is 1. The zero-order valence-electron chi connectivity index (χ0n) is 17.9. The SMILES string of the molecule is COC(=O)c1ccccc1NC(=O)C1CCN(Cc2nc(-c3ccc(Cl)cc3Cl)no2)CC1. The highest BCUT2D eigenvalue weighted by Gasteiger charge is 2.27. The molecule has 172 valence electrons. The highest BCUT2D eigenvalue weighted by atomic mass is 35.5. The van der Waals surface area contributed by atoms with Crippen LogP contribution in [-0.2, 0) is 16.1 Å². The number of hydrogen-bond donors (Lipinski definition) is 1. The maximum absolute atomic E-state index is 12.8. The molecule has 1 aliphatic rings. The van der Waals surface area contributed by atoms with E-state index in [0.717, 1.165) is 0 Å². The van der Waals surface area contributed by atoms with Gasteiger partial charge >= 0.3 is 5.97 Å². The van der Waals surface area contributed by atoms with Crippen molar-refractivity contribution >= 4 is 40.8 Å². The van der Waals surface area contributed by atoms with Gasteiger partial charge in [-0.2, -0.15) is 4.98 Å². The van der Waals surface area contributed by atoms with Crippen molar-refractivity contribution in [2.45, 2.75) is 19.4 Å². The molecule has 1 aliphatic heterocycles. The summed E-state index contributed by atoms with van der Waals surface area (Å²) in [6.07, 6.45) is 1.35. The summed E-state index contributed by atoms with van der Waals surface area (Å²) in [6.45, 7) is 1.89. The number of carbonyl (C=O) groups excluding carboxylic acids is 2. The highest BCUT2D eigenvalue weighted by Crippen LogP contribution is 2.29. The summed E-state index contributed by atoms with van der Waals surface area (Å²) in [5, 5.41) is 7.88. The zero-order chi connectivity index (χ0) is 23.4. The Balaban J connectivity index is 1.32. The van der Waals surface area contributed by atoms with Crippen molar-refractivity contribution < 1.29 is 18.8 Å². The van der Waals surface area contributed by atoms with Gasteiger partial charge in [-0.1, -0.05) is 40.5 Å². The molecule has 0 unspecified atom stereocenters. The Bertz CT molecular complexity index is 1160. The minimum absolute atomic E-state index is 0.108. The molecule has 1 saturated heterocycles. The molecule has 1 fully saturated rings. The Morgan fingerprint density at radius 1 is 1.18 bits per heavy atom. The number of hydrogen-bond acceptors (Lipinski definition) is 7. The maximum Gasteiger partial charge on any atom is 0.339 e. The van der Waals surface area contributed by atoms with E-state index >= 15 is 0 Å².